The number of nitrogens with zero attached hydrogens (tertiary/aromatic N) is 2. The van der Waals surface area contributed by atoms with E-state index in [9.17, 15) is 4.79 Å². The number of carbonyl (C=O) groups is 1. The number of para-hydroxylation sites is 2. The molecule has 1 aromatic heterocycles. The van der Waals surface area contributed by atoms with Gasteiger partial charge in [-0.3, -0.25) is 4.79 Å². The highest BCUT2D eigenvalue weighted by atomic mass is 16.3. The summed E-state index contributed by atoms with van der Waals surface area (Å²) >= 11 is 0. The standard InChI is InChI=1S/C19H20N2O2/c1-3-21(4-2)18(22)13-14-9-11-15(12-10-14)19-20-16-7-5-6-8-17(16)23-19/h5-12H,3-4,13H2,1-2H3. The third-order valence-corrected chi connectivity index (χ3v) is 3.97. The summed E-state index contributed by atoms with van der Waals surface area (Å²) in [6, 6.07) is 15.5. The fraction of sp³-hybridized carbons (Fsp3) is 0.263. The van der Waals surface area contributed by atoms with Crippen LogP contribution in [-0.4, -0.2) is 28.9 Å². The molecule has 4 nitrogen and oxygen atoms in total. The summed E-state index contributed by atoms with van der Waals surface area (Å²) < 4.78 is 5.76. The van der Waals surface area contributed by atoms with E-state index in [1.807, 2.05) is 67.3 Å². The fourth-order valence-electron chi connectivity index (χ4n) is 2.62. The average molecular weight is 308 g/mol. The van der Waals surface area contributed by atoms with E-state index in [1.165, 1.54) is 0 Å². The van der Waals surface area contributed by atoms with Crippen molar-refractivity contribution in [1.29, 1.82) is 0 Å². The van der Waals surface area contributed by atoms with E-state index >= 15 is 0 Å². The van der Waals surface area contributed by atoms with Crippen molar-refractivity contribution in [2.24, 2.45) is 0 Å². The number of amides is 1. The molecular weight excluding hydrogens is 288 g/mol. The molecular formula is C19H20N2O2. The highest BCUT2D eigenvalue weighted by molar-refractivity contribution is 5.79. The Labute approximate surface area is 135 Å². The molecule has 118 valence electrons. The lowest BCUT2D eigenvalue weighted by molar-refractivity contribution is -0.130. The Morgan fingerprint density at radius 3 is 2.39 bits per heavy atom. The lowest BCUT2D eigenvalue weighted by atomic mass is 10.1. The van der Waals surface area contributed by atoms with Crippen molar-refractivity contribution in [3.8, 4) is 11.5 Å². The average Bonchev–Trinajstić information content (AvgIpc) is 3.00. The van der Waals surface area contributed by atoms with Crippen LogP contribution in [0.5, 0.6) is 0 Å². The molecule has 4 heteroatoms. The molecule has 0 radical (unpaired) electrons. The van der Waals surface area contributed by atoms with Crippen LogP contribution in [-0.2, 0) is 11.2 Å². The van der Waals surface area contributed by atoms with E-state index in [-0.39, 0.29) is 5.91 Å². The Morgan fingerprint density at radius 2 is 1.74 bits per heavy atom. The molecule has 0 N–H and O–H groups in total. The molecule has 3 rings (SSSR count). The Balaban J connectivity index is 1.78. The zero-order chi connectivity index (χ0) is 16.2. The third-order valence-electron chi connectivity index (χ3n) is 3.97. The number of benzene rings is 2. The van der Waals surface area contributed by atoms with E-state index < -0.39 is 0 Å². The van der Waals surface area contributed by atoms with Crippen molar-refractivity contribution in [3.63, 3.8) is 0 Å². The Morgan fingerprint density at radius 1 is 1.04 bits per heavy atom. The minimum absolute atomic E-state index is 0.157. The normalized spacial score (nSPS) is 10.9. The number of fused-ring (bicyclic) bond motifs is 1. The van der Waals surface area contributed by atoms with E-state index in [0.717, 1.165) is 35.3 Å². The SMILES string of the molecule is CCN(CC)C(=O)Cc1ccc(-c2nc3ccccc3o2)cc1. The van der Waals surface area contributed by atoms with E-state index in [4.69, 9.17) is 4.42 Å². The zero-order valence-corrected chi connectivity index (χ0v) is 13.5. The van der Waals surface area contributed by atoms with Crippen LogP contribution >= 0.6 is 0 Å². The molecule has 0 unspecified atom stereocenters. The molecule has 0 aliphatic heterocycles. The van der Waals surface area contributed by atoms with Crippen LogP contribution in [0, 0.1) is 0 Å². The third kappa shape index (κ3) is 3.26. The van der Waals surface area contributed by atoms with Crippen LogP contribution in [0.1, 0.15) is 19.4 Å². The first kappa shape index (κ1) is 15.3. The van der Waals surface area contributed by atoms with Gasteiger partial charge in [0.2, 0.25) is 11.8 Å². The molecule has 0 saturated heterocycles. The van der Waals surface area contributed by atoms with Crippen LogP contribution in [0.4, 0.5) is 0 Å². The minimum Gasteiger partial charge on any atom is -0.436 e. The fourth-order valence-corrected chi connectivity index (χ4v) is 2.62. The number of oxazole rings is 1. The van der Waals surface area contributed by atoms with Gasteiger partial charge in [-0.05, 0) is 43.7 Å². The lowest BCUT2D eigenvalue weighted by Crippen LogP contribution is -2.31. The molecule has 1 amide bonds. The first-order valence-corrected chi connectivity index (χ1v) is 7.94. The predicted molar refractivity (Wildman–Crippen MR) is 91.1 cm³/mol. The molecule has 0 spiro atoms. The summed E-state index contributed by atoms with van der Waals surface area (Å²) in [5.74, 6) is 0.762. The van der Waals surface area contributed by atoms with Crippen LogP contribution in [0.15, 0.2) is 52.9 Å². The highest BCUT2D eigenvalue weighted by Gasteiger charge is 2.11. The predicted octanol–water partition coefficient (Wildman–Crippen LogP) is 3.91. The maximum absolute atomic E-state index is 12.1. The monoisotopic (exact) mass is 308 g/mol. The van der Waals surface area contributed by atoms with Crippen molar-refractivity contribution < 1.29 is 9.21 Å². The van der Waals surface area contributed by atoms with Gasteiger partial charge in [-0.1, -0.05) is 24.3 Å². The van der Waals surface area contributed by atoms with Gasteiger partial charge in [0.25, 0.3) is 0 Å². The number of rotatable bonds is 5. The van der Waals surface area contributed by atoms with E-state index in [1.54, 1.807) is 0 Å². The van der Waals surface area contributed by atoms with Crippen LogP contribution in [0.25, 0.3) is 22.6 Å². The van der Waals surface area contributed by atoms with Gasteiger partial charge in [-0.15, -0.1) is 0 Å². The topological polar surface area (TPSA) is 46.3 Å². The van der Waals surface area contributed by atoms with Gasteiger partial charge in [0.15, 0.2) is 5.58 Å². The van der Waals surface area contributed by atoms with Crippen molar-refractivity contribution in [3.05, 3.63) is 54.1 Å². The van der Waals surface area contributed by atoms with Gasteiger partial charge in [0, 0.05) is 18.7 Å². The van der Waals surface area contributed by atoms with Crippen LogP contribution < -0.4 is 0 Å². The molecule has 23 heavy (non-hydrogen) atoms. The second-order valence-corrected chi connectivity index (χ2v) is 5.43. The van der Waals surface area contributed by atoms with Crippen molar-refractivity contribution in [1.82, 2.24) is 9.88 Å². The van der Waals surface area contributed by atoms with E-state index in [0.29, 0.717) is 12.3 Å². The number of carbonyl (C=O) groups excluding carboxylic acids is 1. The second kappa shape index (κ2) is 6.65. The smallest absolute Gasteiger partial charge is 0.227 e. The molecule has 0 fully saturated rings. The highest BCUT2D eigenvalue weighted by Crippen LogP contribution is 2.24. The summed E-state index contributed by atoms with van der Waals surface area (Å²) in [7, 11) is 0. The summed E-state index contributed by atoms with van der Waals surface area (Å²) in [6.45, 7) is 5.49. The first-order chi connectivity index (χ1) is 11.2. The quantitative estimate of drug-likeness (QED) is 0.718. The molecule has 0 saturated carbocycles. The molecule has 0 aliphatic carbocycles. The molecule has 0 aliphatic rings. The molecule has 1 heterocycles. The van der Waals surface area contributed by atoms with Crippen molar-refractivity contribution >= 4 is 17.0 Å². The summed E-state index contributed by atoms with van der Waals surface area (Å²) in [5, 5.41) is 0. The Bertz CT molecular complexity index is 769. The van der Waals surface area contributed by atoms with Crippen LogP contribution in [0.3, 0.4) is 0 Å². The molecule has 0 atom stereocenters. The Hall–Kier alpha value is -2.62. The van der Waals surface area contributed by atoms with E-state index in [2.05, 4.69) is 4.98 Å². The lowest BCUT2D eigenvalue weighted by Gasteiger charge is -2.18. The Kier molecular flexibility index (Phi) is 4.42. The first-order valence-electron chi connectivity index (χ1n) is 7.94. The van der Waals surface area contributed by atoms with Crippen molar-refractivity contribution in [2.45, 2.75) is 20.3 Å². The minimum atomic E-state index is 0.157. The number of hydrogen-bond donors (Lipinski definition) is 0. The maximum atomic E-state index is 12.1. The molecule has 3 aromatic rings. The second-order valence-electron chi connectivity index (χ2n) is 5.43. The van der Waals surface area contributed by atoms with Gasteiger partial charge in [-0.2, -0.15) is 0 Å². The summed E-state index contributed by atoms with van der Waals surface area (Å²) in [6.07, 6.45) is 0.426. The number of hydrogen-bond acceptors (Lipinski definition) is 3. The van der Waals surface area contributed by atoms with Crippen molar-refractivity contribution in [2.75, 3.05) is 13.1 Å². The molecule has 2 aromatic carbocycles. The van der Waals surface area contributed by atoms with Gasteiger partial charge < -0.3 is 9.32 Å². The van der Waals surface area contributed by atoms with Gasteiger partial charge in [0.05, 0.1) is 6.42 Å². The summed E-state index contributed by atoms with van der Waals surface area (Å²) in [4.78, 5) is 18.5. The largest absolute Gasteiger partial charge is 0.436 e. The zero-order valence-electron chi connectivity index (χ0n) is 13.5. The van der Waals surface area contributed by atoms with Gasteiger partial charge in [-0.25, -0.2) is 4.98 Å². The maximum Gasteiger partial charge on any atom is 0.227 e. The number of aromatic nitrogens is 1. The van der Waals surface area contributed by atoms with Gasteiger partial charge >= 0.3 is 0 Å². The van der Waals surface area contributed by atoms with Gasteiger partial charge in [0.1, 0.15) is 5.52 Å². The number of likely N-dealkylation sites (N-methyl/N-ethyl adjacent to an activating group) is 1. The molecule has 0 bridgehead atoms. The summed E-state index contributed by atoms with van der Waals surface area (Å²) in [5.41, 5.74) is 3.55. The van der Waals surface area contributed by atoms with Crippen LogP contribution in [0.2, 0.25) is 0 Å².